The van der Waals surface area contributed by atoms with Gasteiger partial charge in [0.05, 0.1) is 5.69 Å². The first kappa shape index (κ1) is 17.8. The molecule has 6 nitrogen and oxygen atoms in total. The van der Waals surface area contributed by atoms with Crippen LogP contribution < -0.4 is 5.73 Å². The molecule has 0 aromatic carbocycles. The van der Waals surface area contributed by atoms with Gasteiger partial charge < -0.3 is 15.5 Å². The number of nitrogens with zero attached hydrogens (tertiary/aromatic N) is 3. The molecule has 26 heavy (non-hydrogen) atoms. The zero-order valence-electron chi connectivity index (χ0n) is 15.5. The highest BCUT2D eigenvalue weighted by Gasteiger charge is 2.44. The molecule has 2 amide bonds. The molecule has 0 unspecified atom stereocenters. The number of nitrogens with two attached hydrogens (primary N) is 1. The lowest BCUT2D eigenvalue weighted by atomic mass is 9.72. The molecule has 142 valence electrons. The predicted molar refractivity (Wildman–Crippen MR) is 102 cm³/mol. The third kappa shape index (κ3) is 3.21. The zero-order chi connectivity index (χ0) is 18.3. The Morgan fingerprint density at radius 1 is 1.23 bits per heavy atom. The first-order valence-electron chi connectivity index (χ1n) is 9.79. The monoisotopic (exact) mass is 376 g/mol. The van der Waals surface area contributed by atoms with Gasteiger partial charge in [0.1, 0.15) is 4.88 Å². The molecule has 0 atom stereocenters. The van der Waals surface area contributed by atoms with Crippen molar-refractivity contribution in [1.29, 1.82) is 0 Å². The third-order valence-electron chi connectivity index (χ3n) is 6.58. The van der Waals surface area contributed by atoms with E-state index < -0.39 is 0 Å². The summed E-state index contributed by atoms with van der Waals surface area (Å²) < 4.78 is 0. The van der Waals surface area contributed by atoms with Crippen LogP contribution in [-0.2, 0) is 4.79 Å². The average molecular weight is 377 g/mol. The Bertz CT molecular complexity index is 702. The Kier molecular flexibility index (Phi) is 4.67. The summed E-state index contributed by atoms with van der Waals surface area (Å²) >= 11 is 1.28. The van der Waals surface area contributed by atoms with E-state index in [2.05, 4.69) is 9.88 Å². The maximum atomic E-state index is 12.8. The summed E-state index contributed by atoms with van der Waals surface area (Å²) in [6.45, 7) is 4.27. The smallest absolute Gasteiger partial charge is 0.265 e. The van der Waals surface area contributed by atoms with Crippen LogP contribution in [0, 0.1) is 12.3 Å². The molecule has 2 N–H and O–H groups in total. The maximum absolute atomic E-state index is 12.8. The molecule has 3 heterocycles. The van der Waals surface area contributed by atoms with Crippen LogP contribution in [0.2, 0.25) is 0 Å². The van der Waals surface area contributed by atoms with Crippen molar-refractivity contribution >= 4 is 28.3 Å². The topological polar surface area (TPSA) is 79.5 Å². The van der Waals surface area contributed by atoms with E-state index in [-0.39, 0.29) is 11.3 Å². The summed E-state index contributed by atoms with van der Waals surface area (Å²) in [5.74, 6) is 0.405. The molecule has 1 spiro atoms. The number of hydrogen-bond donors (Lipinski definition) is 1. The van der Waals surface area contributed by atoms with E-state index in [4.69, 9.17) is 5.73 Å². The van der Waals surface area contributed by atoms with Crippen molar-refractivity contribution in [2.45, 2.75) is 64.3 Å². The second-order valence-corrected chi connectivity index (χ2v) is 9.25. The van der Waals surface area contributed by atoms with Gasteiger partial charge in [-0.2, -0.15) is 0 Å². The fourth-order valence-corrected chi connectivity index (χ4v) is 5.75. The second-order valence-electron chi connectivity index (χ2n) is 8.22. The molecule has 3 aliphatic rings. The molecule has 2 saturated heterocycles. The van der Waals surface area contributed by atoms with Crippen molar-refractivity contribution in [2.75, 3.05) is 25.4 Å². The number of aryl methyl sites for hydroxylation is 1. The number of amides is 2. The molecule has 4 rings (SSSR count). The Hall–Kier alpha value is -1.63. The van der Waals surface area contributed by atoms with Gasteiger partial charge in [-0.05, 0) is 44.4 Å². The summed E-state index contributed by atoms with van der Waals surface area (Å²) in [7, 11) is 0. The van der Waals surface area contributed by atoms with Crippen molar-refractivity contribution in [1.82, 2.24) is 14.8 Å². The molecule has 0 bridgehead atoms. The minimum absolute atomic E-state index is 0.0612. The third-order valence-corrected chi connectivity index (χ3v) is 7.55. The van der Waals surface area contributed by atoms with E-state index >= 15 is 0 Å². The minimum atomic E-state index is 0.0612. The number of aromatic nitrogens is 1. The fourth-order valence-electron chi connectivity index (χ4n) is 4.94. The predicted octanol–water partition coefficient (Wildman–Crippen LogP) is 2.82. The molecule has 7 heteroatoms. The van der Waals surface area contributed by atoms with Crippen LogP contribution in [0.4, 0.5) is 5.13 Å². The summed E-state index contributed by atoms with van der Waals surface area (Å²) in [4.78, 5) is 34.2. The minimum Gasteiger partial charge on any atom is -0.375 e. The first-order chi connectivity index (χ1) is 12.5. The molecule has 1 aromatic heterocycles. The highest BCUT2D eigenvalue weighted by atomic mass is 32.1. The summed E-state index contributed by atoms with van der Waals surface area (Å²) in [5, 5.41) is 0.456. The van der Waals surface area contributed by atoms with E-state index in [0.717, 1.165) is 44.6 Å². The molecule has 1 saturated carbocycles. The van der Waals surface area contributed by atoms with Gasteiger partial charge in [0.25, 0.3) is 5.91 Å². The Labute approximate surface area is 158 Å². The van der Waals surface area contributed by atoms with Gasteiger partial charge in [0.2, 0.25) is 5.91 Å². The van der Waals surface area contributed by atoms with Crippen LogP contribution in [0.3, 0.4) is 0 Å². The van der Waals surface area contributed by atoms with E-state index in [1.807, 2.05) is 11.8 Å². The van der Waals surface area contributed by atoms with Crippen molar-refractivity contribution in [2.24, 2.45) is 5.41 Å². The molecular weight excluding hydrogens is 348 g/mol. The number of anilines is 1. The summed E-state index contributed by atoms with van der Waals surface area (Å²) in [6, 6.07) is 0.460. The van der Waals surface area contributed by atoms with E-state index in [9.17, 15) is 9.59 Å². The van der Waals surface area contributed by atoms with Gasteiger partial charge in [-0.3, -0.25) is 9.59 Å². The highest BCUT2D eigenvalue weighted by molar-refractivity contribution is 7.17. The van der Waals surface area contributed by atoms with E-state index in [1.54, 1.807) is 0 Å². The van der Waals surface area contributed by atoms with Gasteiger partial charge in [-0.15, -0.1) is 0 Å². The number of nitrogen functional groups attached to an aromatic ring is 1. The number of rotatable bonds is 2. The van der Waals surface area contributed by atoms with Crippen molar-refractivity contribution < 1.29 is 9.59 Å². The molecule has 1 aliphatic carbocycles. The van der Waals surface area contributed by atoms with Crippen LogP contribution in [-0.4, -0.2) is 52.3 Å². The van der Waals surface area contributed by atoms with Crippen LogP contribution in [0.15, 0.2) is 0 Å². The largest absolute Gasteiger partial charge is 0.375 e. The average Bonchev–Trinajstić information content (AvgIpc) is 3.27. The normalized spacial score (nSPS) is 23.8. The number of likely N-dealkylation sites (tertiary alicyclic amines) is 2. The quantitative estimate of drug-likeness (QED) is 0.861. The van der Waals surface area contributed by atoms with Crippen LogP contribution in [0.25, 0.3) is 0 Å². The van der Waals surface area contributed by atoms with Crippen LogP contribution >= 0.6 is 11.3 Å². The first-order valence-corrected chi connectivity index (χ1v) is 10.6. The molecule has 0 radical (unpaired) electrons. The van der Waals surface area contributed by atoms with Gasteiger partial charge >= 0.3 is 0 Å². The molecule has 3 fully saturated rings. The number of carbonyl (C=O) groups is 2. The fraction of sp³-hybridized carbons (Fsp3) is 0.737. The lowest BCUT2D eigenvalue weighted by molar-refractivity contribution is -0.142. The number of thiazole rings is 1. The van der Waals surface area contributed by atoms with Gasteiger partial charge in [-0.25, -0.2) is 4.98 Å². The van der Waals surface area contributed by atoms with Crippen molar-refractivity contribution in [3.63, 3.8) is 0 Å². The Balaban J connectivity index is 1.41. The van der Waals surface area contributed by atoms with Gasteiger partial charge in [-0.1, -0.05) is 24.2 Å². The van der Waals surface area contributed by atoms with E-state index in [0.29, 0.717) is 28.4 Å². The Morgan fingerprint density at radius 2 is 1.92 bits per heavy atom. The standard InChI is InChI=1S/C19H28N4O2S/c1-13-16(26-18(20)21-13)17(25)22-10-8-19(9-11-22)7-6-15(24)23(12-19)14-4-2-3-5-14/h14H,2-12H2,1H3,(H2,20,21). The van der Waals surface area contributed by atoms with Crippen molar-refractivity contribution in [3.05, 3.63) is 10.6 Å². The second kappa shape index (κ2) is 6.83. The molecule has 2 aliphatic heterocycles. The summed E-state index contributed by atoms with van der Waals surface area (Å²) in [6.07, 6.45) is 8.46. The van der Waals surface area contributed by atoms with Gasteiger partial charge in [0.15, 0.2) is 5.13 Å². The SMILES string of the molecule is Cc1nc(N)sc1C(=O)N1CCC2(CCC(=O)N(C3CCCC3)C2)CC1. The highest BCUT2D eigenvalue weighted by Crippen LogP contribution is 2.42. The zero-order valence-corrected chi connectivity index (χ0v) is 16.3. The number of hydrogen-bond acceptors (Lipinski definition) is 5. The summed E-state index contributed by atoms with van der Waals surface area (Å²) in [5.41, 5.74) is 6.68. The molecular formula is C19H28N4O2S. The number of carbonyl (C=O) groups excluding carboxylic acids is 2. The lowest BCUT2D eigenvalue weighted by Crippen LogP contribution is -2.54. The Morgan fingerprint density at radius 3 is 2.54 bits per heavy atom. The van der Waals surface area contributed by atoms with Crippen LogP contribution in [0.1, 0.15) is 66.7 Å². The van der Waals surface area contributed by atoms with Crippen molar-refractivity contribution in [3.8, 4) is 0 Å². The molecule has 1 aromatic rings. The maximum Gasteiger partial charge on any atom is 0.265 e. The van der Waals surface area contributed by atoms with Crippen LogP contribution in [0.5, 0.6) is 0 Å². The van der Waals surface area contributed by atoms with Gasteiger partial charge in [0, 0.05) is 32.1 Å². The van der Waals surface area contributed by atoms with E-state index in [1.165, 1.54) is 37.0 Å². The lowest BCUT2D eigenvalue weighted by Gasteiger charge is -2.49. The number of piperidine rings is 2.